The van der Waals surface area contributed by atoms with E-state index in [1.165, 1.54) is 51.4 Å². The molecule has 0 bridgehead atoms. The molecule has 3 unspecified atom stereocenters. The average Bonchev–Trinajstić information content (AvgIpc) is 2.62. The van der Waals surface area contributed by atoms with Crippen molar-refractivity contribution in [3.05, 3.63) is 0 Å². The van der Waals surface area contributed by atoms with Crippen molar-refractivity contribution >= 4 is 0 Å². The van der Waals surface area contributed by atoms with E-state index in [0.29, 0.717) is 12.3 Å². The predicted molar refractivity (Wildman–Crippen MR) is 97.6 cm³/mol. The molecule has 3 saturated carbocycles. The van der Waals surface area contributed by atoms with Crippen LogP contribution >= 0.6 is 0 Å². The highest BCUT2D eigenvalue weighted by atomic mass is 19.4. The molecular weight excluding hydrogens is 340 g/mol. The van der Waals surface area contributed by atoms with Crippen molar-refractivity contribution in [1.82, 2.24) is 0 Å². The zero-order chi connectivity index (χ0) is 18.7. The van der Waals surface area contributed by atoms with Crippen molar-refractivity contribution in [1.29, 1.82) is 0 Å². The lowest BCUT2D eigenvalue weighted by Crippen LogP contribution is -2.39. The van der Waals surface area contributed by atoms with Crippen molar-refractivity contribution in [3.63, 3.8) is 0 Å². The van der Waals surface area contributed by atoms with Gasteiger partial charge in [-0.15, -0.1) is 0 Å². The van der Waals surface area contributed by atoms with Gasteiger partial charge in [0.05, 0.1) is 5.92 Å². The molecular formula is C22H36F4. The summed E-state index contributed by atoms with van der Waals surface area (Å²) in [6, 6.07) is 0. The molecule has 3 rings (SSSR count). The fraction of sp³-hybridized carbons (Fsp3) is 1.00. The minimum atomic E-state index is -4.36. The van der Waals surface area contributed by atoms with Crippen molar-refractivity contribution in [3.8, 4) is 0 Å². The number of hydrogen-bond donors (Lipinski definition) is 0. The Bertz CT molecular complexity index is 416. The van der Waals surface area contributed by atoms with Crippen molar-refractivity contribution in [2.24, 2.45) is 35.5 Å². The Morgan fingerprint density at radius 1 is 0.692 bits per heavy atom. The highest BCUT2D eigenvalue weighted by Crippen LogP contribution is 2.48. The van der Waals surface area contributed by atoms with E-state index in [9.17, 15) is 17.6 Å². The third kappa shape index (κ3) is 4.95. The van der Waals surface area contributed by atoms with Crippen LogP contribution in [0.15, 0.2) is 0 Å². The second-order valence-electron chi connectivity index (χ2n) is 9.48. The molecule has 26 heavy (non-hydrogen) atoms. The first-order valence-corrected chi connectivity index (χ1v) is 11.1. The van der Waals surface area contributed by atoms with Crippen LogP contribution < -0.4 is 0 Å². The normalized spacial score (nSPS) is 42.6. The molecule has 0 N–H and O–H groups in total. The summed E-state index contributed by atoms with van der Waals surface area (Å²) in [5.74, 6) is 1.58. The summed E-state index contributed by atoms with van der Waals surface area (Å²) in [7, 11) is 0. The fourth-order valence-electron chi connectivity index (χ4n) is 6.39. The van der Waals surface area contributed by atoms with Gasteiger partial charge in [-0.2, -0.15) is 13.2 Å². The Morgan fingerprint density at radius 3 is 1.62 bits per heavy atom. The Balaban J connectivity index is 1.42. The van der Waals surface area contributed by atoms with Gasteiger partial charge in [-0.3, -0.25) is 0 Å². The van der Waals surface area contributed by atoms with Crippen molar-refractivity contribution < 1.29 is 17.6 Å². The lowest BCUT2D eigenvalue weighted by molar-refractivity contribution is -0.202. The van der Waals surface area contributed by atoms with Gasteiger partial charge >= 0.3 is 6.18 Å². The Hall–Kier alpha value is -0.280. The van der Waals surface area contributed by atoms with Crippen molar-refractivity contribution in [2.75, 3.05) is 0 Å². The van der Waals surface area contributed by atoms with Gasteiger partial charge in [0.25, 0.3) is 0 Å². The first-order chi connectivity index (χ1) is 12.4. The molecule has 0 aliphatic heterocycles. The maximum atomic E-state index is 14.1. The van der Waals surface area contributed by atoms with Gasteiger partial charge in [0.1, 0.15) is 6.17 Å². The lowest BCUT2D eigenvalue weighted by atomic mass is 9.64. The van der Waals surface area contributed by atoms with Gasteiger partial charge in [0.15, 0.2) is 0 Å². The van der Waals surface area contributed by atoms with E-state index in [4.69, 9.17) is 0 Å². The van der Waals surface area contributed by atoms with Gasteiger partial charge in [-0.1, -0.05) is 32.6 Å². The highest BCUT2D eigenvalue weighted by Gasteiger charge is 2.49. The molecule has 0 aromatic rings. The molecule has 3 aliphatic rings. The number of rotatable bonds is 4. The largest absolute Gasteiger partial charge is 0.394 e. The zero-order valence-corrected chi connectivity index (χ0v) is 16.2. The molecule has 0 spiro atoms. The summed E-state index contributed by atoms with van der Waals surface area (Å²) in [6.45, 7) is 2.28. The van der Waals surface area contributed by atoms with Crippen LogP contribution in [-0.2, 0) is 0 Å². The van der Waals surface area contributed by atoms with Crippen LogP contribution in [-0.4, -0.2) is 12.3 Å². The minimum Gasteiger partial charge on any atom is -0.247 e. The molecule has 0 heterocycles. The van der Waals surface area contributed by atoms with Crippen LogP contribution in [0.4, 0.5) is 17.6 Å². The van der Waals surface area contributed by atoms with E-state index >= 15 is 0 Å². The fourth-order valence-corrected chi connectivity index (χ4v) is 6.39. The summed E-state index contributed by atoms with van der Waals surface area (Å²) in [4.78, 5) is 0. The third-order valence-electron chi connectivity index (χ3n) is 7.97. The smallest absolute Gasteiger partial charge is 0.247 e. The van der Waals surface area contributed by atoms with Crippen LogP contribution in [0.2, 0.25) is 0 Å². The Kier molecular flexibility index (Phi) is 6.94. The van der Waals surface area contributed by atoms with Crippen molar-refractivity contribution in [2.45, 2.75) is 103 Å². The quantitative estimate of drug-likeness (QED) is 0.441. The van der Waals surface area contributed by atoms with E-state index in [2.05, 4.69) is 6.92 Å². The maximum Gasteiger partial charge on any atom is 0.394 e. The molecule has 0 amide bonds. The molecule has 0 nitrogen and oxygen atoms in total. The molecule has 152 valence electrons. The molecule has 3 atom stereocenters. The zero-order valence-electron chi connectivity index (χ0n) is 16.2. The van der Waals surface area contributed by atoms with E-state index in [1.54, 1.807) is 0 Å². The molecule has 3 aliphatic carbocycles. The Labute approximate surface area is 156 Å². The van der Waals surface area contributed by atoms with E-state index in [-0.39, 0.29) is 18.8 Å². The predicted octanol–water partition coefficient (Wildman–Crippen LogP) is 7.72. The molecule has 0 aromatic carbocycles. The van der Waals surface area contributed by atoms with Gasteiger partial charge in [-0.25, -0.2) is 4.39 Å². The lowest BCUT2D eigenvalue weighted by Gasteiger charge is -2.42. The van der Waals surface area contributed by atoms with Crippen LogP contribution in [0, 0.1) is 35.5 Å². The third-order valence-corrected chi connectivity index (χ3v) is 7.97. The summed E-state index contributed by atoms with van der Waals surface area (Å²) in [5, 5.41) is 0. The van der Waals surface area contributed by atoms with E-state index < -0.39 is 18.3 Å². The van der Waals surface area contributed by atoms with Gasteiger partial charge < -0.3 is 0 Å². The maximum absolute atomic E-state index is 14.1. The van der Waals surface area contributed by atoms with E-state index in [1.807, 2.05) is 0 Å². The van der Waals surface area contributed by atoms with Crippen LogP contribution in [0.3, 0.4) is 0 Å². The Morgan fingerprint density at radius 2 is 1.15 bits per heavy atom. The monoisotopic (exact) mass is 376 g/mol. The number of hydrogen-bond acceptors (Lipinski definition) is 0. The first-order valence-electron chi connectivity index (χ1n) is 11.1. The minimum absolute atomic E-state index is 0.00327. The number of halogens is 4. The van der Waals surface area contributed by atoms with Gasteiger partial charge in [0, 0.05) is 0 Å². The molecule has 0 aromatic heterocycles. The molecule has 0 saturated heterocycles. The molecule has 0 radical (unpaired) electrons. The first kappa shape index (κ1) is 20.5. The summed E-state index contributed by atoms with van der Waals surface area (Å²) < 4.78 is 52.7. The van der Waals surface area contributed by atoms with Crippen LogP contribution in [0.5, 0.6) is 0 Å². The summed E-state index contributed by atoms with van der Waals surface area (Å²) in [5.41, 5.74) is 0. The molecule has 3 fully saturated rings. The molecule has 4 heteroatoms. The van der Waals surface area contributed by atoms with Gasteiger partial charge in [-0.05, 0) is 87.4 Å². The van der Waals surface area contributed by atoms with Crippen LogP contribution in [0.1, 0.15) is 90.4 Å². The average molecular weight is 377 g/mol. The standard InChI is InChI=1S/C22H36F4/c1-2-3-15-4-6-16(7-5-15)17-8-10-18(11-9-17)19-12-13-20(21(23)14-19)22(24,25)26/h15-21H,2-14H2,1H3. The highest BCUT2D eigenvalue weighted by molar-refractivity contribution is 4.90. The SMILES string of the molecule is CCCC1CCC(C2CCC(C3CCC(C(F)(F)F)C(F)C3)CC2)CC1. The summed E-state index contributed by atoms with van der Waals surface area (Å²) in [6.07, 6.45) is 7.57. The topological polar surface area (TPSA) is 0 Å². The van der Waals surface area contributed by atoms with E-state index in [0.717, 1.165) is 30.6 Å². The number of alkyl halides is 4. The van der Waals surface area contributed by atoms with Gasteiger partial charge in [0.2, 0.25) is 0 Å². The summed E-state index contributed by atoms with van der Waals surface area (Å²) >= 11 is 0. The second kappa shape index (κ2) is 8.82. The van der Waals surface area contributed by atoms with Crippen LogP contribution in [0.25, 0.3) is 0 Å². The second-order valence-corrected chi connectivity index (χ2v) is 9.48.